The summed E-state index contributed by atoms with van der Waals surface area (Å²) in [5.41, 5.74) is -0.374. The van der Waals surface area contributed by atoms with Crippen LogP contribution in [0.1, 0.15) is 44.6 Å². The molecule has 1 unspecified atom stereocenters. The molecule has 1 atom stereocenters. The number of piperidine rings is 1. The fraction of sp³-hybridized carbons (Fsp3) is 0.500. The van der Waals surface area contributed by atoms with Gasteiger partial charge in [0.2, 0.25) is 0 Å². The molecule has 1 fully saturated rings. The number of rotatable bonds is 5. The molecule has 114 valence electrons. The topological polar surface area (TPSA) is 40.5 Å². The van der Waals surface area contributed by atoms with Gasteiger partial charge in [-0.15, -0.1) is 0 Å². The van der Waals surface area contributed by atoms with Crippen LogP contribution in [0.3, 0.4) is 0 Å². The largest absolute Gasteiger partial charge is 0.376 e. The van der Waals surface area contributed by atoms with E-state index in [2.05, 4.69) is 0 Å². The average molecular weight is 287 g/mol. The van der Waals surface area contributed by atoms with Crippen LogP contribution in [-0.4, -0.2) is 34.6 Å². The Bertz CT molecular complexity index is 477. The lowest BCUT2D eigenvalue weighted by Gasteiger charge is -2.33. The smallest absolute Gasteiger partial charge is 0.258 e. The van der Waals surface area contributed by atoms with E-state index in [1.165, 1.54) is 6.42 Å². The lowest BCUT2D eigenvalue weighted by Crippen LogP contribution is -2.49. The average Bonchev–Trinajstić information content (AvgIpc) is 2.54. The van der Waals surface area contributed by atoms with E-state index in [0.717, 1.165) is 37.9 Å². The maximum absolute atomic E-state index is 12.7. The first kappa shape index (κ1) is 15.8. The Hall–Kier alpha value is -1.61. The molecule has 1 aromatic rings. The first-order valence-corrected chi connectivity index (χ1v) is 7.92. The summed E-state index contributed by atoms with van der Waals surface area (Å²) in [4.78, 5) is 14.5. The van der Waals surface area contributed by atoms with Crippen molar-refractivity contribution in [2.24, 2.45) is 0 Å². The fourth-order valence-corrected chi connectivity index (χ4v) is 2.81. The van der Waals surface area contributed by atoms with E-state index in [4.69, 9.17) is 0 Å². The molecule has 21 heavy (non-hydrogen) atoms. The summed E-state index contributed by atoms with van der Waals surface area (Å²) in [5, 5.41) is 10.8. The highest BCUT2D eigenvalue weighted by Gasteiger charge is 2.36. The van der Waals surface area contributed by atoms with Crippen LogP contribution < -0.4 is 0 Å². The standard InChI is InChI=1S/C18H25NO2/c1-2-12-18(21,13-11-16-9-5-3-6-10-16)17(20)19-14-7-4-8-15-19/h3,5-6,9-11,13,21H,2,4,7-8,12,14-15H2,1H3/b13-11+. The fourth-order valence-electron chi connectivity index (χ4n) is 2.81. The first-order valence-electron chi connectivity index (χ1n) is 7.92. The van der Waals surface area contributed by atoms with Gasteiger partial charge < -0.3 is 10.0 Å². The Kier molecular flexibility index (Phi) is 5.57. The van der Waals surface area contributed by atoms with Gasteiger partial charge in [-0.3, -0.25) is 4.79 Å². The molecule has 3 heteroatoms. The third-order valence-electron chi connectivity index (χ3n) is 4.00. The molecule has 0 radical (unpaired) electrons. The highest BCUT2D eigenvalue weighted by atomic mass is 16.3. The molecule has 0 spiro atoms. The minimum Gasteiger partial charge on any atom is -0.376 e. The van der Waals surface area contributed by atoms with Gasteiger partial charge in [0.1, 0.15) is 0 Å². The number of carbonyl (C=O) groups excluding carboxylic acids is 1. The molecule has 1 aliphatic heterocycles. The summed E-state index contributed by atoms with van der Waals surface area (Å²) in [6, 6.07) is 9.78. The van der Waals surface area contributed by atoms with Crippen LogP contribution in [0.25, 0.3) is 6.08 Å². The van der Waals surface area contributed by atoms with Crippen molar-refractivity contribution in [3.05, 3.63) is 42.0 Å². The predicted molar refractivity (Wildman–Crippen MR) is 85.8 cm³/mol. The van der Waals surface area contributed by atoms with E-state index >= 15 is 0 Å². The summed E-state index contributed by atoms with van der Waals surface area (Å²) in [7, 11) is 0. The van der Waals surface area contributed by atoms with Crippen molar-refractivity contribution < 1.29 is 9.90 Å². The second-order valence-electron chi connectivity index (χ2n) is 5.77. The van der Waals surface area contributed by atoms with Crippen molar-refractivity contribution >= 4 is 12.0 Å². The van der Waals surface area contributed by atoms with E-state index in [0.29, 0.717) is 6.42 Å². The monoisotopic (exact) mass is 287 g/mol. The maximum atomic E-state index is 12.7. The summed E-state index contributed by atoms with van der Waals surface area (Å²) < 4.78 is 0. The number of benzene rings is 1. The molecule has 0 bridgehead atoms. The highest BCUT2D eigenvalue weighted by Crippen LogP contribution is 2.22. The van der Waals surface area contributed by atoms with Crippen molar-refractivity contribution in [3.8, 4) is 0 Å². The summed E-state index contributed by atoms with van der Waals surface area (Å²) in [6.45, 7) is 3.53. The van der Waals surface area contributed by atoms with Crippen molar-refractivity contribution in [1.82, 2.24) is 4.90 Å². The number of hydrogen-bond donors (Lipinski definition) is 1. The minimum absolute atomic E-state index is 0.142. The Morgan fingerprint density at radius 3 is 2.52 bits per heavy atom. The van der Waals surface area contributed by atoms with Gasteiger partial charge in [0.05, 0.1) is 0 Å². The van der Waals surface area contributed by atoms with Gasteiger partial charge in [0.15, 0.2) is 5.60 Å². The quantitative estimate of drug-likeness (QED) is 0.903. The lowest BCUT2D eigenvalue weighted by atomic mass is 9.93. The molecule has 2 rings (SSSR count). The molecule has 1 aliphatic rings. The predicted octanol–water partition coefficient (Wildman–Crippen LogP) is 3.24. The number of likely N-dealkylation sites (tertiary alicyclic amines) is 1. The zero-order chi connectivity index (χ0) is 15.1. The van der Waals surface area contributed by atoms with Crippen molar-refractivity contribution in [3.63, 3.8) is 0 Å². The Labute approximate surface area is 127 Å². The van der Waals surface area contributed by atoms with Crippen LogP contribution in [0, 0.1) is 0 Å². The maximum Gasteiger partial charge on any atom is 0.258 e. The first-order chi connectivity index (χ1) is 10.2. The van der Waals surface area contributed by atoms with E-state index in [1.54, 1.807) is 6.08 Å². The molecular weight excluding hydrogens is 262 g/mol. The summed E-state index contributed by atoms with van der Waals surface area (Å²) in [6.07, 6.45) is 8.00. The second kappa shape index (κ2) is 7.41. The van der Waals surface area contributed by atoms with E-state index in [-0.39, 0.29) is 5.91 Å². The molecule has 1 amide bonds. The van der Waals surface area contributed by atoms with Gasteiger partial charge in [0, 0.05) is 13.1 Å². The van der Waals surface area contributed by atoms with Crippen LogP contribution in [0.15, 0.2) is 36.4 Å². The van der Waals surface area contributed by atoms with Gasteiger partial charge in [0.25, 0.3) is 5.91 Å². The zero-order valence-corrected chi connectivity index (χ0v) is 12.8. The molecule has 0 aliphatic carbocycles. The molecule has 0 aromatic heterocycles. The van der Waals surface area contributed by atoms with Gasteiger partial charge in [-0.05, 0) is 37.3 Å². The van der Waals surface area contributed by atoms with E-state index in [9.17, 15) is 9.90 Å². The van der Waals surface area contributed by atoms with Crippen LogP contribution in [0.4, 0.5) is 0 Å². The molecule has 1 heterocycles. The summed E-state index contributed by atoms with van der Waals surface area (Å²) >= 11 is 0. The number of amides is 1. The normalized spacial score (nSPS) is 18.7. The highest BCUT2D eigenvalue weighted by molar-refractivity contribution is 5.88. The van der Waals surface area contributed by atoms with Crippen molar-refractivity contribution in [1.29, 1.82) is 0 Å². The molecule has 0 saturated carbocycles. The van der Waals surface area contributed by atoms with Gasteiger partial charge in [-0.2, -0.15) is 0 Å². The molecule has 1 N–H and O–H groups in total. The number of hydrogen-bond acceptors (Lipinski definition) is 2. The molecular formula is C18H25NO2. The van der Waals surface area contributed by atoms with E-state index in [1.807, 2.05) is 48.2 Å². The van der Waals surface area contributed by atoms with E-state index < -0.39 is 5.60 Å². The SMILES string of the molecule is CCCC(O)(/C=C/c1ccccc1)C(=O)N1CCCCC1. The number of carbonyl (C=O) groups is 1. The van der Waals surface area contributed by atoms with Crippen molar-refractivity contribution in [2.45, 2.75) is 44.6 Å². The van der Waals surface area contributed by atoms with Crippen LogP contribution in [-0.2, 0) is 4.79 Å². The third kappa shape index (κ3) is 4.18. The zero-order valence-electron chi connectivity index (χ0n) is 12.8. The third-order valence-corrected chi connectivity index (χ3v) is 4.00. The Morgan fingerprint density at radius 2 is 1.90 bits per heavy atom. The van der Waals surface area contributed by atoms with Gasteiger partial charge >= 0.3 is 0 Å². The lowest BCUT2D eigenvalue weighted by molar-refractivity contribution is -0.148. The van der Waals surface area contributed by atoms with Gasteiger partial charge in [-0.25, -0.2) is 0 Å². The second-order valence-corrected chi connectivity index (χ2v) is 5.77. The summed E-state index contributed by atoms with van der Waals surface area (Å²) in [5.74, 6) is -0.142. The molecule has 3 nitrogen and oxygen atoms in total. The Balaban J connectivity index is 2.14. The molecule has 1 aromatic carbocycles. The minimum atomic E-state index is -1.37. The van der Waals surface area contributed by atoms with Crippen LogP contribution in [0.5, 0.6) is 0 Å². The number of nitrogens with zero attached hydrogens (tertiary/aromatic N) is 1. The Morgan fingerprint density at radius 1 is 1.24 bits per heavy atom. The van der Waals surface area contributed by atoms with Crippen LogP contribution in [0.2, 0.25) is 0 Å². The van der Waals surface area contributed by atoms with Crippen molar-refractivity contribution in [2.75, 3.05) is 13.1 Å². The van der Waals surface area contributed by atoms with Gasteiger partial charge in [-0.1, -0.05) is 49.8 Å². The van der Waals surface area contributed by atoms with Crippen LogP contribution >= 0.6 is 0 Å². The molecule has 1 saturated heterocycles. The number of aliphatic hydroxyl groups is 1.